The van der Waals surface area contributed by atoms with E-state index in [2.05, 4.69) is 16.0 Å². The van der Waals surface area contributed by atoms with Crippen LogP contribution in [0, 0.1) is 5.82 Å². The number of alkyl halides is 12. The summed E-state index contributed by atoms with van der Waals surface area (Å²) in [5.41, 5.74) is 18.2. The van der Waals surface area contributed by atoms with Gasteiger partial charge in [-0.05, 0) is 94.5 Å². The first-order chi connectivity index (χ1) is 63.4. The van der Waals surface area contributed by atoms with Crippen LogP contribution in [0.15, 0.2) is 243 Å². The predicted molar refractivity (Wildman–Crippen MR) is 460 cm³/mol. The molecule has 0 aliphatic carbocycles. The summed E-state index contributed by atoms with van der Waals surface area (Å²) >= 11 is 11.7. The van der Waals surface area contributed by atoms with Gasteiger partial charge in [-0.3, -0.25) is 71.9 Å². The number of nitrogens with one attached hydrogen (secondary N) is 5. The Hall–Kier alpha value is -15.7. The van der Waals surface area contributed by atoms with E-state index in [9.17, 15) is 129 Å². The number of carbonyl (C=O) groups is 15. The van der Waals surface area contributed by atoms with Crippen molar-refractivity contribution in [2.75, 3.05) is 21.3 Å². The van der Waals surface area contributed by atoms with Gasteiger partial charge in [0.1, 0.15) is 58.8 Å². The second kappa shape index (κ2) is 49.5. The molecule has 5 atom stereocenters. The second-order valence-corrected chi connectivity index (χ2v) is 29.0. The molecule has 10 aromatic rings. The minimum atomic E-state index is -5.28. The second-order valence-electron chi connectivity index (χ2n) is 28.1. The van der Waals surface area contributed by atoms with Crippen LogP contribution in [0.3, 0.4) is 0 Å². The lowest BCUT2D eigenvalue weighted by atomic mass is 9.97. The lowest BCUT2D eigenvalue weighted by Crippen LogP contribution is -2.48. The smallest absolute Gasteiger partial charge is 0.417 e. The molecule has 0 bridgehead atoms. The van der Waals surface area contributed by atoms with Crippen LogP contribution < -0.4 is 69.5 Å². The number of rotatable bonds is 33. The lowest BCUT2D eigenvalue weighted by molar-refractivity contribution is -0.144. The van der Waals surface area contributed by atoms with Crippen LogP contribution in [0.4, 0.5) is 57.1 Å². The van der Waals surface area contributed by atoms with Crippen LogP contribution in [0.25, 0.3) is 0 Å². The molecule has 0 spiro atoms. The SMILES string of the molecule is COc1ccc(Cl)cc1C(=O)N[C@@H](Cc1ccccc1)C(=O)C(N)=O.COc1cccc(OC)c1C(=O)N[C@@H](Cc1ccccc1)C(=O)C(N)=O.NC(=O)C(=O)[C@H](Cc1ccccc1)NC(=O)c1c(C(F)(F)F)cccc1C(F)(F)F.NC(=O)C(=O)[C@H](Cc1ccccc1)NC(=O)c1c(Cl)cccc1C(F)(F)F.NC(=O)C(=O)[C@H](Cc1ccccc1)NC(=O)c1c(F)cccc1C(F)(F)F. The third kappa shape index (κ3) is 32.1. The first-order valence-electron chi connectivity index (χ1n) is 38.9. The van der Waals surface area contributed by atoms with Crippen molar-refractivity contribution in [3.8, 4) is 17.2 Å². The highest BCUT2D eigenvalue weighted by Gasteiger charge is 2.45. The van der Waals surface area contributed by atoms with Crippen LogP contribution in [-0.4, -0.2) is 140 Å². The van der Waals surface area contributed by atoms with Gasteiger partial charge in [-0.1, -0.05) is 199 Å². The summed E-state index contributed by atoms with van der Waals surface area (Å²) in [7, 11) is 4.25. The fourth-order valence-electron chi connectivity index (χ4n) is 12.5. The standard InChI is InChI=1S/C19H14F6N2O3.C19H20N2O5.C18H14ClF3N2O3.C18H17ClN2O4.C18H14F4N2O3/c20-18(21,22)11-7-4-8-12(19(23,24)25)14(11)17(30)27-13(15(28)16(26)29)9-10-5-2-1-3-6-10;1-25-14-9-6-10-15(26-2)16(14)19(24)21-13(17(22)18(20)23)11-12-7-4-3-5-8-12;19-12-8-4-7-11(18(20,21)22)14(12)17(27)24-13(15(25)16(23)26)9-10-5-2-1-3-6-10;1-25-15-8-7-12(19)10-13(15)18(24)21-14(16(22)17(20)23)9-11-5-3-2-4-6-11;19-12-8-4-7-11(18(20,21)22)14(12)17(27)24-13(15(25)16(23)26)9-10-5-2-1-3-6-10/h1-8,13H,9H2,(H2,26,29)(H,27,30);3-10,13H,11H2,1-2H3,(H2,20,23)(H,21,24);1-8,13H,9H2,(H2,23,26)(H,24,27);2-8,10,14H,9H2,1H3,(H2,20,23)(H,21,24);1-8,13H,9H2,(H2,23,26)(H,24,27)/t3*13-;14-;13-/m00000/s1. The van der Waals surface area contributed by atoms with Crippen LogP contribution in [0.2, 0.25) is 10.0 Å². The molecule has 15 N–H and O–H groups in total. The van der Waals surface area contributed by atoms with Crippen molar-refractivity contribution in [3.05, 3.63) is 336 Å². The maximum absolute atomic E-state index is 13.9. The Morgan fingerprint density at radius 1 is 0.281 bits per heavy atom. The first kappa shape index (κ1) is 108. The van der Waals surface area contributed by atoms with E-state index in [1.165, 1.54) is 39.5 Å². The Balaban J connectivity index is 0.000000260. The number of carbonyl (C=O) groups excluding carboxylic acids is 15. The molecule has 28 nitrogen and oxygen atoms in total. The van der Waals surface area contributed by atoms with E-state index in [0.29, 0.717) is 63.9 Å². The van der Waals surface area contributed by atoms with Crippen molar-refractivity contribution in [1.82, 2.24) is 26.6 Å². The average molecular weight is 1930 g/mol. The average Bonchev–Trinajstić information content (AvgIpc) is 0.799. The molecule has 0 aliphatic rings. The van der Waals surface area contributed by atoms with E-state index in [1.807, 2.05) is 17.4 Å². The molecule has 0 fully saturated rings. The predicted octanol–water partition coefficient (Wildman–Crippen LogP) is 11.0. The highest BCUT2D eigenvalue weighted by atomic mass is 35.5. The Bertz CT molecular complexity index is 5770. The van der Waals surface area contributed by atoms with Crippen molar-refractivity contribution < 1.29 is 143 Å². The summed E-state index contributed by atoms with van der Waals surface area (Å²) < 4.78 is 188. The zero-order chi connectivity index (χ0) is 101. The quantitative estimate of drug-likeness (QED) is 0.0135. The Morgan fingerprint density at radius 2 is 0.519 bits per heavy atom. The number of hydrogen-bond donors (Lipinski definition) is 10. The minimum absolute atomic E-state index is 0.125. The number of halogens is 15. The van der Waals surface area contributed by atoms with E-state index in [-0.39, 0.29) is 54.7 Å². The maximum atomic E-state index is 13.9. The zero-order valence-corrected chi connectivity index (χ0v) is 71.9. The summed E-state index contributed by atoms with van der Waals surface area (Å²) in [6.07, 6.45) is -20.8. The molecule has 10 aromatic carbocycles. The van der Waals surface area contributed by atoms with E-state index in [0.717, 1.165) is 29.3 Å². The van der Waals surface area contributed by atoms with Gasteiger partial charge in [0.15, 0.2) is 0 Å². The summed E-state index contributed by atoms with van der Waals surface area (Å²) in [4.78, 5) is 179. The van der Waals surface area contributed by atoms with Gasteiger partial charge in [0.05, 0.1) is 70.9 Å². The molecule has 710 valence electrons. The van der Waals surface area contributed by atoms with Crippen molar-refractivity contribution >= 4 is 111 Å². The molecule has 10 rings (SSSR count). The van der Waals surface area contributed by atoms with E-state index in [4.69, 9.17) is 66.1 Å². The highest BCUT2D eigenvalue weighted by molar-refractivity contribution is 6.40. The van der Waals surface area contributed by atoms with Crippen molar-refractivity contribution in [1.29, 1.82) is 0 Å². The summed E-state index contributed by atoms with van der Waals surface area (Å²) in [6.45, 7) is 0. The van der Waals surface area contributed by atoms with Crippen LogP contribution in [-0.2, 0) is 105 Å². The summed E-state index contributed by atoms with van der Waals surface area (Å²) in [5, 5.41) is 10.9. The van der Waals surface area contributed by atoms with Crippen molar-refractivity contribution in [2.45, 2.75) is 87.0 Å². The zero-order valence-electron chi connectivity index (χ0n) is 70.4. The van der Waals surface area contributed by atoms with Gasteiger partial charge in [0.25, 0.3) is 59.1 Å². The number of benzene rings is 10. The van der Waals surface area contributed by atoms with Gasteiger partial charge in [-0.2, -0.15) is 52.7 Å². The Kier molecular flexibility index (Phi) is 39.7. The highest BCUT2D eigenvalue weighted by Crippen LogP contribution is 2.41. The van der Waals surface area contributed by atoms with E-state index >= 15 is 0 Å². The number of ketones is 5. The van der Waals surface area contributed by atoms with Gasteiger partial charge in [-0.25, -0.2) is 4.39 Å². The number of hydrogen-bond acceptors (Lipinski definition) is 18. The maximum Gasteiger partial charge on any atom is 0.417 e. The molecular formula is C92H79Cl2F13N10O18. The molecule has 0 heterocycles. The lowest BCUT2D eigenvalue weighted by Gasteiger charge is -2.21. The molecule has 0 aromatic heterocycles. The monoisotopic (exact) mass is 1930 g/mol. The van der Waals surface area contributed by atoms with Crippen LogP contribution in [0.1, 0.15) is 102 Å². The number of amides is 10. The molecule has 43 heteroatoms. The minimum Gasteiger partial charge on any atom is -0.496 e. The van der Waals surface area contributed by atoms with Gasteiger partial charge in [-0.15, -0.1) is 0 Å². The molecule has 0 saturated heterocycles. The fourth-order valence-corrected chi connectivity index (χ4v) is 12.9. The fraction of sp³-hybridized carbons (Fsp3) is 0.185. The first-order valence-corrected chi connectivity index (χ1v) is 39.6. The van der Waals surface area contributed by atoms with Gasteiger partial charge in [0.2, 0.25) is 28.9 Å². The van der Waals surface area contributed by atoms with Crippen LogP contribution in [0.5, 0.6) is 17.2 Å². The van der Waals surface area contributed by atoms with Gasteiger partial charge >= 0.3 is 24.7 Å². The largest absolute Gasteiger partial charge is 0.496 e. The number of ether oxygens (including phenoxy) is 3. The third-order valence-corrected chi connectivity index (χ3v) is 19.3. The Labute approximate surface area is 768 Å². The van der Waals surface area contributed by atoms with E-state index in [1.54, 1.807) is 163 Å². The third-order valence-electron chi connectivity index (χ3n) is 18.8. The van der Waals surface area contributed by atoms with Gasteiger partial charge in [0, 0.05) is 37.1 Å². The normalized spacial score (nSPS) is 12.1. The van der Waals surface area contributed by atoms with Crippen molar-refractivity contribution in [3.63, 3.8) is 0 Å². The number of primary amides is 5. The molecule has 0 radical (unpaired) electrons. The van der Waals surface area contributed by atoms with Crippen molar-refractivity contribution in [2.24, 2.45) is 28.7 Å². The number of methoxy groups -OCH3 is 3. The molecule has 0 unspecified atom stereocenters. The molecule has 0 saturated carbocycles. The van der Waals surface area contributed by atoms with E-state index < -0.39 is 193 Å². The summed E-state index contributed by atoms with van der Waals surface area (Å²) in [6, 6.07) is 50.6. The topological polar surface area (TPSA) is 474 Å². The molecule has 0 aliphatic heterocycles. The summed E-state index contributed by atoms with van der Waals surface area (Å²) in [5.74, 6) is -18.1. The molecular weight excluding hydrogens is 1850 g/mol. The Morgan fingerprint density at radius 3 is 0.800 bits per heavy atom. The van der Waals surface area contributed by atoms with Crippen LogP contribution >= 0.6 is 23.2 Å². The number of nitrogens with two attached hydrogens (primary N) is 5. The molecule has 135 heavy (non-hydrogen) atoms. The number of Topliss-reactive ketones (excluding diaryl/α,β-unsaturated/α-hetero) is 5. The van der Waals surface area contributed by atoms with Gasteiger partial charge < -0.3 is 69.5 Å². The molecule has 10 amide bonds.